The fourth-order valence-electron chi connectivity index (χ4n) is 2.42. The average molecular weight is 256 g/mol. The number of fused-ring (bicyclic) bond motifs is 1. The highest BCUT2D eigenvalue weighted by Gasteiger charge is 2.37. The molecule has 1 aliphatic heterocycles. The number of amides is 1. The molecule has 1 aliphatic rings. The van der Waals surface area contributed by atoms with Crippen LogP contribution in [0.4, 0.5) is 0 Å². The summed E-state index contributed by atoms with van der Waals surface area (Å²) in [6, 6.07) is 9.67. The summed E-state index contributed by atoms with van der Waals surface area (Å²) in [5, 5.41) is 0.978. The summed E-state index contributed by atoms with van der Waals surface area (Å²) in [7, 11) is 0. The molecule has 0 atom stereocenters. The first-order valence-electron chi connectivity index (χ1n) is 6.39. The molecule has 98 valence electrons. The number of benzene rings is 1. The van der Waals surface area contributed by atoms with Crippen molar-refractivity contribution in [3.05, 3.63) is 42.1 Å². The highest BCUT2D eigenvalue weighted by molar-refractivity contribution is 5.97. The number of carbonyl (C=O) groups excluding carboxylic acids is 1. The molecule has 0 spiro atoms. The van der Waals surface area contributed by atoms with Crippen LogP contribution in [-0.2, 0) is 4.74 Å². The number of nitrogens with zero attached hydrogens (tertiary/aromatic N) is 2. The van der Waals surface area contributed by atoms with Gasteiger partial charge >= 0.3 is 0 Å². The number of para-hydroxylation sites is 1. The first-order chi connectivity index (χ1) is 9.08. The maximum absolute atomic E-state index is 12.5. The van der Waals surface area contributed by atoms with Gasteiger partial charge in [0.05, 0.1) is 17.7 Å². The number of pyridine rings is 1. The van der Waals surface area contributed by atoms with E-state index in [0.29, 0.717) is 18.7 Å². The number of ether oxygens (including phenoxy) is 1. The van der Waals surface area contributed by atoms with Crippen molar-refractivity contribution in [1.29, 1.82) is 0 Å². The Morgan fingerprint density at radius 1 is 1.37 bits per heavy atom. The van der Waals surface area contributed by atoms with Gasteiger partial charge in [0.2, 0.25) is 0 Å². The van der Waals surface area contributed by atoms with Gasteiger partial charge in [0.1, 0.15) is 5.72 Å². The normalized spacial score (nSPS) is 17.9. The van der Waals surface area contributed by atoms with Crippen molar-refractivity contribution in [3.8, 4) is 0 Å². The Bertz CT molecular complexity index is 637. The Hall–Kier alpha value is -1.94. The van der Waals surface area contributed by atoms with Gasteiger partial charge in [-0.1, -0.05) is 18.2 Å². The zero-order valence-electron chi connectivity index (χ0n) is 11.1. The Morgan fingerprint density at radius 2 is 2.16 bits per heavy atom. The molecule has 4 nitrogen and oxygen atoms in total. The monoisotopic (exact) mass is 256 g/mol. The van der Waals surface area contributed by atoms with E-state index in [4.69, 9.17) is 4.74 Å². The Labute approximate surface area is 112 Å². The van der Waals surface area contributed by atoms with Crippen LogP contribution in [0.25, 0.3) is 10.9 Å². The van der Waals surface area contributed by atoms with Crippen molar-refractivity contribution in [3.63, 3.8) is 0 Å². The molecule has 0 aliphatic carbocycles. The molecule has 1 fully saturated rings. The van der Waals surface area contributed by atoms with Gasteiger partial charge in [-0.3, -0.25) is 9.78 Å². The van der Waals surface area contributed by atoms with Crippen molar-refractivity contribution in [2.75, 3.05) is 13.2 Å². The van der Waals surface area contributed by atoms with Gasteiger partial charge in [-0.2, -0.15) is 0 Å². The molecule has 0 bridgehead atoms. The molecule has 1 aromatic heterocycles. The van der Waals surface area contributed by atoms with Crippen molar-refractivity contribution in [2.45, 2.75) is 19.6 Å². The highest BCUT2D eigenvalue weighted by atomic mass is 16.5. The summed E-state index contributed by atoms with van der Waals surface area (Å²) in [4.78, 5) is 18.6. The molecule has 3 rings (SSSR count). The quantitative estimate of drug-likeness (QED) is 0.787. The lowest BCUT2D eigenvalue weighted by molar-refractivity contribution is -0.0380. The number of hydrogen-bond donors (Lipinski definition) is 0. The van der Waals surface area contributed by atoms with E-state index in [1.807, 2.05) is 44.2 Å². The van der Waals surface area contributed by atoms with Crippen LogP contribution in [0.2, 0.25) is 0 Å². The SMILES string of the molecule is CC1(C)OCCN1C(=O)c1cnc2ccccc2c1. The van der Waals surface area contributed by atoms with Crippen LogP contribution in [0.15, 0.2) is 36.5 Å². The molecule has 19 heavy (non-hydrogen) atoms. The number of carbonyl (C=O) groups is 1. The minimum atomic E-state index is -0.539. The van der Waals surface area contributed by atoms with E-state index in [2.05, 4.69) is 4.98 Å². The van der Waals surface area contributed by atoms with Gasteiger partial charge in [0.15, 0.2) is 0 Å². The largest absolute Gasteiger partial charge is 0.354 e. The van der Waals surface area contributed by atoms with Crippen LogP contribution in [0.1, 0.15) is 24.2 Å². The van der Waals surface area contributed by atoms with Gasteiger partial charge in [-0.05, 0) is 26.0 Å². The minimum Gasteiger partial charge on any atom is -0.354 e. The highest BCUT2D eigenvalue weighted by Crippen LogP contribution is 2.25. The van der Waals surface area contributed by atoms with E-state index in [9.17, 15) is 4.79 Å². The second kappa shape index (κ2) is 4.31. The van der Waals surface area contributed by atoms with Crippen LogP contribution in [0.3, 0.4) is 0 Å². The molecule has 0 radical (unpaired) electrons. The first-order valence-corrected chi connectivity index (χ1v) is 6.39. The minimum absolute atomic E-state index is 0.0271. The number of aromatic nitrogens is 1. The first kappa shape index (κ1) is 12.1. The fraction of sp³-hybridized carbons (Fsp3) is 0.333. The summed E-state index contributed by atoms with van der Waals surface area (Å²) < 4.78 is 5.57. The third-order valence-electron chi connectivity index (χ3n) is 3.50. The smallest absolute Gasteiger partial charge is 0.257 e. The van der Waals surface area contributed by atoms with Crippen LogP contribution < -0.4 is 0 Å². The van der Waals surface area contributed by atoms with Crippen molar-refractivity contribution in [2.24, 2.45) is 0 Å². The van der Waals surface area contributed by atoms with Gasteiger partial charge in [-0.15, -0.1) is 0 Å². The topological polar surface area (TPSA) is 42.4 Å². The zero-order chi connectivity index (χ0) is 13.5. The van der Waals surface area contributed by atoms with Gasteiger partial charge in [-0.25, -0.2) is 0 Å². The van der Waals surface area contributed by atoms with E-state index in [1.165, 1.54) is 0 Å². The molecule has 1 amide bonds. The molecular weight excluding hydrogens is 240 g/mol. The van der Waals surface area contributed by atoms with Crippen LogP contribution in [0, 0.1) is 0 Å². The lowest BCUT2D eigenvalue weighted by Gasteiger charge is -2.29. The van der Waals surface area contributed by atoms with E-state index in [-0.39, 0.29) is 5.91 Å². The average Bonchev–Trinajstić information content (AvgIpc) is 2.77. The summed E-state index contributed by atoms with van der Waals surface area (Å²) in [5.41, 5.74) is 0.969. The molecule has 0 saturated carbocycles. The predicted molar refractivity (Wildman–Crippen MR) is 72.8 cm³/mol. The van der Waals surface area contributed by atoms with Crippen LogP contribution in [-0.4, -0.2) is 34.7 Å². The summed E-state index contributed by atoms with van der Waals surface area (Å²) in [6.45, 7) is 5.02. The molecule has 2 heterocycles. The summed E-state index contributed by atoms with van der Waals surface area (Å²) >= 11 is 0. The number of hydrogen-bond acceptors (Lipinski definition) is 3. The van der Waals surface area contributed by atoms with Crippen molar-refractivity contribution < 1.29 is 9.53 Å². The molecular formula is C15H16N2O2. The van der Waals surface area contributed by atoms with Crippen LogP contribution in [0.5, 0.6) is 0 Å². The van der Waals surface area contributed by atoms with Crippen molar-refractivity contribution in [1.82, 2.24) is 9.88 Å². The Morgan fingerprint density at radius 3 is 2.89 bits per heavy atom. The Balaban J connectivity index is 1.98. The predicted octanol–water partition coefficient (Wildman–Crippen LogP) is 2.44. The van der Waals surface area contributed by atoms with E-state index in [0.717, 1.165) is 10.9 Å². The standard InChI is InChI=1S/C15H16N2O2/c1-15(2)17(7-8-19-15)14(18)12-9-11-5-3-4-6-13(11)16-10-12/h3-6,9-10H,7-8H2,1-2H3. The maximum Gasteiger partial charge on any atom is 0.257 e. The van der Waals surface area contributed by atoms with E-state index >= 15 is 0 Å². The molecule has 1 aromatic carbocycles. The second-order valence-electron chi connectivity index (χ2n) is 5.17. The third kappa shape index (κ3) is 2.08. The molecule has 0 unspecified atom stereocenters. The van der Waals surface area contributed by atoms with Crippen LogP contribution >= 0.6 is 0 Å². The van der Waals surface area contributed by atoms with E-state index < -0.39 is 5.72 Å². The fourth-order valence-corrected chi connectivity index (χ4v) is 2.42. The molecule has 2 aromatic rings. The Kier molecular flexibility index (Phi) is 2.75. The van der Waals surface area contributed by atoms with Gasteiger partial charge in [0.25, 0.3) is 5.91 Å². The molecule has 0 N–H and O–H groups in total. The lowest BCUT2D eigenvalue weighted by Crippen LogP contribution is -2.43. The third-order valence-corrected chi connectivity index (χ3v) is 3.50. The van der Waals surface area contributed by atoms with Gasteiger partial charge < -0.3 is 9.64 Å². The van der Waals surface area contributed by atoms with Gasteiger partial charge in [0, 0.05) is 18.1 Å². The second-order valence-corrected chi connectivity index (χ2v) is 5.17. The van der Waals surface area contributed by atoms with Crippen molar-refractivity contribution >= 4 is 16.8 Å². The number of rotatable bonds is 1. The lowest BCUT2D eigenvalue weighted by atomic mass is 10.1. The maximum atomic E-state index is 12.5. The molecule has 4 heteroatoms. The van der Waals surface area contributed by atoms with E-state index in [1.54, 1.807) is 11.1 Å². The summed E-state index contributed by atoms with van der Waals surface area (Å²) in [6.07, 6.45) is 1.64. The zero-order valence-corrected chi connectivity index (χ0v) is 11.1. The summed E-state index contributed by atoms with van der Waals surface area (Å²) in [5.74, 6) is -0.0271. The molecule has 1 saturated heterocycles.